The first kappa shape index (κ1) is 18.7. The summed E-state index contributed by atoms with van der Waals surface area (Å²) in [4.78, 5) is 24.9. The van der Waals surface area contributed by atoms with E-state index >= 15 is 0 Å². The normalized spacial score (nSPS) is 16.9. The van der Waals surface area contributed by atoms with E-state index < -0.39 is 23.5 Å². The van der Waals surface area contributed by atoms with E-state index in [0.29, 0.717) is 12.8 Å². The fraction of sp³-hybridized carbons (Fsp3) is 0.381. The Morgan fingerprint density at radius 1 is 1.19 bits per heavy atom. The molecule has 6 heteroatoms. The van der Waals surface area contributed by atoms with Crippen LogP contribution in [0.5, 0.6) is 5.75 Å². The molecule has 2 N–H and O–H groups in total. The number of esters is 1. The number of rotatable bonds is 4. The van der Waals surface area contributed by atoms with E-state index in [1.165, 1.54) is 19.1 Å². The fourth-order valence-electron chi connectivity index (χ4n) is 3.43. The van der Waals surface area contributed by atoms with Crippen LogP contribution in [-0.2, 0) is 9.53 Å². The van der Waals surface area contributed by atoms with E-state index in [2.05, 4.69) is 11.4 Å². The monoisotopic (exact) mass is 366 g/mol. The van der Waals surface area contributed by atoms with E-state index in [-0.39, 0.29) is 11.3 Å². The van der Waals surface area contributed by atoms with Crippen molar-refractivity contribution in [1.29, 1.82) is 5.26 Å². The summed E-state index contributed by atoms with van der Waals surface area (Å²) in [6.45, 7) is 1.46. The Bertz CT molecular complexity index is 910. The van der Waals surface area contributed by atoms with Crippen molar-refractivity contribution < 1.29 is 19.4 Å². The van der Waals surface area contributed by atoms with Crippen LogP contribution in [0.2, 0.25) is 0 Å². The van der Waals surface area contributed by atoms with Gasteiger partial charge in [-0.25, -0.2) is 4.79 Å². The summed E-state index contributed by atoms with van der Waals surface area (Å²) in [6.07, 6.45) is 2.93. The maximum Gasteiger partial charge on any atom is 0.342 e. The average molecular weight is 366 g/mol. The zero-order valence-electron chi connectivity index (χ0n) is 15.2. The first-order chi connectivity index (χ1) is 12.9. The van der Waals surface area contributed by atoms with Crippen LogP contribution in [0.15, 0.2) is 36.4 Å². The number of hydrogen-bond donors (Lipinski definition) is 2. The number of phenolic OH excluding ortho intramolecular Hbond substituents is 1. The predicted octanol–water partition coefficient (Wildman–Crippen LogP) is 3.43. The third kappa shape index (κ3) is 4.03. The third-order valence-electron chi connectivity index (χ3n) is 5.02. The highest BCUT2D eigenvalue weighted by Crippen LogP contribution is 2.28. The molecule has 1 saturated carbocycles. The standard InChI is InChI=1S/C21H22N2O4/c1-14(19(25)23-21(13-22)9-5-2-6-10-21)27-20(26)17-11-15-7-3-4-8-16(15)12-18(17)24/h3-4,7-8,11-12,14,24H,2,5-6,9-10H2,1H3,(H,23,25)/t14-/m1/s1. The summed E-state index contributed by atoms with van der Waals surface area (Å²) in [5, 5.41) is 23.9. The number of carbonyl (C=O) groups is 2. The van der Waals surface area contributed by atoms with Crippen LogP contribution in [0.25, 0.3) is 10.8 Å². The number of ether oxygens (including phenoxy) is 1. The van der Waals surface area contributed by atoms with Crippen molar-refractivity contribution in [2.45, 2.75) is 50.7 Å². The SMILES string of the molecule is C[C@@H](OC(=O)c1cc2ccccc2cc1O)C(=O)NC1(C#N)CCCCC1. The molecule has 1 atom stereocenters. The van der Waals surface area contributed by atoms with Crippen molar-refractivity contribution >= 4 is 22.6 Å². The van der Waals surface area contributed by atoms with Crippen LogP contribution in [0.3, 0.4) is 0 Å². The molecule has 6 nitrogen and oxygen atoms in total. The fourth-order valence-corrected chi connectivity index (χ4v) is 3.43. The Kier molecular flexibility index (Phi) is 5.31. The molecule has 2 aromatic carbocycles. The van der Waals surface area contributed by atoms with Gasteiger partial charge in [-0.15, -0.1) is 0 Å². The number of carbonyl (C=O) groups excluding carboxylic acids is 2. The Balaban J connectivity index is 1.71. The summed E-state index contributed by atoms with van der Waals surface area (Å²) < 4.78 is 5.24. The molecule has 140 valence electrons. The molecule has 1 amide bonds. The first-order valence-electron chi connectivity index (χ1n) is 9.10. The van der Waals surface area contributed by atoms with Crippen molar-refractivity contribution in [2.75, 3.05) is 0 Å². The van der Waals surface area contributed by atoms with Crippen molar-refractivity contribution in [1.82, 2.24) is 5.32 Å². The number of amides is 1. The average Bonchev–Trinajstić information content (AvgIpc) is 2.68. The number of nitrogens with one attached hydrogen (secondary N) is 1. The Hall–Kier alpha value is -3.07. The molecule has 0 aromatic heterocycles. The number of nitriles is 1. The number of hydrogen-bond acceptors (Lipinski definition) is 5. The second-order valence-corrected chi connectivity index (χ2v) is 7.01. The van der Waals surface area contributed by atoms with Gasteiger partial charge in [0.05, 0.1) is 6.07 Å². The van der Waals surface area contributed by atoms with Crippen LogP contribution in [0.1, 0.15) is 49.4 Å². The minimum Gasteiger partial charge on any atom is -0.507 e. The molecule has 0 heterocycles. The first-order valence-corrected chi connectivity index (χ1v) is 9.10. The summed E-state index contributed by atoms with van der Waals surface area (Å²) in [6, 6.07) is 12.5. The van der Waals surface area contributed by atoms with Crippen LogP contribution in [0.4, 0.5) is 0 Å². The number of fused-ring (bicyclic) bond motifs is 1. The highest BCUT2D eigenvalue weighted by atomic mass is 16.5. The second-order valence-electron chi connectivity index (χ2n) is 7.01. The highest BCUT2D eigenvalue weighted by molar-refractivity contribution is 5.99. The summed E-state index contributed by atoms with van der Waals surface area (Å²) in [5.74, 6) is -1.49. The number of phenols is 1. The summed E-state index contributed by atoms with van der Waals surface area (Å²) in [5.41, 5.74) is -0.887. The maximum atomic E-state index is 12.4. The Morgan fingerprint density at radius 2 is 1.81 bits per heavy atom. The van der Waals surface area contributed by atoms with Crippen LogP contribution < -0.4 is 5.32 Å². The molecule has 1 aliphatic carbocycles. The minimum absolute atomic E-state index is 0.000938. The molecular formula is C21H22N2O4. The summed E-state index contributed by atoms with van der Waals surface area (Å²) in [7, 11) is 0. The predicted molar refractivity (Wildman–Crippen MR) is 100 cm³/mol. The molecule has 1 aliphatic rings. The van der Waals surface area contributed by atoms with E-state index in [1.54, 1.807) is 0 Å². The molecule has 1 fully saturated rings. The van der Waals surface area contributed by atoms with Crippen LogP contribution in [0, 0.1) is 11.3 Å². The molecule has 2 aromatic rings. The lowest BCUT2D eigenvalue weighted by atomic mass is 9.83. The van der Waals surface area contributed by atoms with Crippen molar-refractivity contribution in [3.8, 4) is 11.8 Å². The number of nitrogens with zero attached hydrogens (tertiary/aromatic N) is 1. The topological polar surface area (TPSA) is 99.4 Å². The quantitative estimate of drug-likeness (QED) is 0.808. The Morgan fingerprint density at radius 3 is 2.44 bits per heavy atom. The van der Waals surface area contributed by atoms with Gasteiger partial charge < -0.3 is 15.2 Å². The second kappa shape index (κ2) is 7.67. The highest BCUT2D eigenvalue weighted by Gasteiger charge is 2.35. The van der Waals surface area contributed by atoms with E-state index in [4.69, 9.17) is 4.74 Å². The van der Waals surface area contributed by atoms with Gasteiger partial charge >= 0.3 is 5.97 Å². The van der Waals surface area contributed by atoms with Gasteiger partial charge in [-0.3, -0.25) is 4.79 Å². The molecule has 0 bridgehead atoms. The maximum absolute atomic E-state index is 12.4. The molecule has 27 heavy (non-hydrogen) atoms. The zero-order valence-corrected chi connectivity index (χ0v) is 15.2. The van der Waals surface area contributed by atoms with Crippen molar-refractivity contribution in [2.24, 2.45) is 0 Å². The smallest absolute Gasteiger partial charge is 0.342 e. The minimum atomic E-state index is -1.07. The van der Waals surface area contributed by atoms with Gasteiger partial charge in [0.15, 0.2) is 6.10 Å². The molecular weight excluding hydrogens is 344 g/mol. The van der Waals surface area contributed by atoms with E-state index in [1.807, 2.05) is 24.3 Å². The van der Waals surface area contributed by atoms with Gasteiger partial charge in [0.1, 0.15) is 16.9 Å². The third-order valence-corrected chi connectivity index (χ3v) is 5.02. The lowest BCUT2D eigenvalue weighted by molar-refractivity contribution is -0.130. The van der Waals surface area contributed by atoms with Crippen LogP contribution in [-0.4, -0.2) is 28.6 Å². The lowest BCUT2D eigenvalue weighted by Gasteiger charge is -2.32. The number of benzene rings is 2. The van der Waals surface area contributed by atoms with E-state index in [0.717, 1.165) is 30.0 Å². The van der Waals surface area contributed by atoms with Gasteiger partial charge in [-0.1, -0.05) is 43.5 Å². The van der Waals surface area contributed by atoms with Gasteiger partial charge in [0.25, 0.3) is 5.91 Å². The number of aromatic hydroxyl groups is 1. The molecule has 0 saturated heterocycles. The molecule has 0 spiro atoms. The van der Waals surface area contributed by atoms with Crippen molar-refractivity contribution in [3.63, 3.8) is 0 Å². The molecule has 3 rings (SSSR count). The molecule has 0 unspecified atom stereocenters. The van der Waals surface area contributed by atoms with E-state index in [9.17, 15) is 20.0 Å². The van der Waals surface area contributed by atoms with Gasteiger partial charge in [0.2, 0.25) is 0 Å². The summed E-state index contributed by atoms with van der Waals surface area (Å²) >= 11 is 0. The van der Waals surface area contributed by atoms with Gasteiger partial charge in [0, 0.05) is 0 Å². The van der Waals surface area contributed by atoms with Gasteiger partial charge in [-0.2, -0.15) is 5.26 Å². The molecule has 0 radical (unpaired) electrons. The van der Waals surface area contributed by atoms with Crippen LogP contribution >= 0.6 is 0 Å². The lowest BCUT2D eigenvalue weighted by Crippen LogP contribution is -2.52. The Labute approximate surface area is 157 Å². The van der Waals surface area contributed by atoms with Crippen molar-refractivity contribution in [3.05, 3.63) is 42.0 Å². The zero-order chi connectivity index (χ0) is 19.4. The van der Waals surface area contributed by atoms with Gasteiger partial charge in [-0.05, 0) is 42.7 Å². The largest absolute Gasteiger partial charge is 0.507 e. The molecule has 0 aliphatic heterocycles.